The highest BCUT2D eigenvalue weighted by Gasteiger charge is 2.10. The zero-order chi connectivity index (χ0) is 17.5. The van der Waals surface area contributed by atoms with E-state index in [4.69, 9.17) is 5.21 Å². The van der Waals surface area contributed by atoms with Crippen molar-refractivity contribution >= 4 is 5.91 Å². The van der Waals surface area contributed by atoms with E-state index in [1.807, 2.05) is 42.5 Å². The van der Waals surface area contributed by atoms with Crippen molar-refractivity contribution < 1.29 is 10.0 Å². The summed E-state index contributed by atoms with van der Waals surface area (Å²) >= 11 is 0. The van der Waals surface area contributed by atoms with Gasteiger partial charge in [0, 0.05) is 12.1 Å². The largest absolute Gasteiger partial charge is 0.312 e. The molecule has 3 aromatic rings. The van der Waals surface area contributed by atoms with E-state index in [0.717, 1.165) is 30.6 Å². The Morgan fingerprint density at radius 1 is 1.04 bits per heavy atom. The predicted octanol–water partition coefficient (Wildman–Crippen LogP) is 2.53. The Morgan fingerprint density at radius 2 is 1.84 bits per heavy atom. The van der Waals surface area contributed by atoms with E-state index < -0.39 is 5.91 Å². The van der Waals surface area contributed by atoms with Crippen molar-refractivity contribution in [2.75, 3.05) is 6.54 Å². The van der Waals surface area contributed by atoms with Gasteiger partial charge in [0.25, 0.3) is 5.91 Å². The van der Waals surface area contributed by atoms with Crippen LogP contribution < -0.4 is 10.8 Å². The van der Waals surface area contributed by atoms with E-state index in [9.17, 15) is 4.79 Å². The topological polar surface area (TPSA) is 90.0 Å². The van der Waals surface area contributed by atoms with Crippen molar-refractivity contribution in [3.8, 4) is 11.3 Å². The summed E-state index contributed by atoms with van der Waals surface area (Å²) < 4.78 is 0. The van der Waals surface area contributed by atoms with Crippen LogP contribution in [0.15, 0.2) is 60.7 Å². The van der Waals surface area contributed by atoms with Crippen molar-refractivity contribution in [1.82, 2.24) is 21.0 Å². The van der Waals surface area contributed by atoms with Crippen LogP contribution in [0.4, 0.5) is 0 Å². The van der Waals surface area contributed by atoms with Crippen molar-refractivity contribution in [3.63, 3.8) is 0 Å². The number of nitrogens with one attached hydrogen (secondary N) is 3. The third kappa shape index (κ3) is 4.53. The highest BCUT2D eigenvalue weighted by molar-refractivity contribution is 5.92. The number of carbonyl (C=O) groups excluding carboxylic acids is 1. The van der Waals surface area contributed by atoms with Crippen LogP contribution in [-0.2, 0) is 13.0 Å². The Morgan fingerprint density at radius 3 is 2.64 bits per heavy atom. The number of hydroxylamine groups is 1. The van der Waals surface area contributed by atoms with Gasteiger partial charge in [0.2, 0.25) is 0 Å². The third-order valence-corrected chi connectivity index (χ3v) is 3.91. The first kappa shape index (κ1) is 16.9. The lowest BCUT2D eigenvalue weighted by Crippen LogP contribution is -2.18. The summed E-state index contributed by atoms with van der Waals surface area (Å²) in [6, 6.07) is 20.0. The van der Waals surface area contributed by atoms with E-state index in [-0.39, 0.29) is 5.69 Å². The normalized spacial score (nSPS) is 10.6. The standard InChI is InChI=1S/C19H20N4O2/c24-19(23-25)18-12-17(21-22-18)16-8-4-7-15(11-16)13-20-10-9-14-5-2-1-3-6-14/h1-8,11-12,20,25H,9-10,13H2,(H,21,22)(H,23,24). The summed E-state index contributed by atoms with van der Waals surface area (Å²) in [6.45, 7) is 1.66. The second kappa shape index (κ2) is 8.23. The number of benzene rings is 2. The molecule has 1 amide bonds. The van der Waals surface area contributed by atoms with Crippen LogP contribution in [0.25, 0.3) is 11.3 Å². The molecule has 3 rings (SSSR count). The molecule has 1 heterocycles. The fourth-order valence-corrected chi connectivity index (χ4v) is 2.60. The summed E-state index contributed by atoms with van der Waals surface area (Å²) in [5, 5.41) is 18.8. The number of aromatic nitrogens is 2. The minimum atomic E-state index is -0.613. The second-order valence-electron chi connectivity index (χ2n) is 5.72. The average molecular weight is 336 g/mol. The predicted molar refractivity (Wildman–Crippen MR) is 95.1 cm³/mol. The van der Waals surface area contributed by atoms with Crippen LogP contribution >= 0.6 is 0 Å². The second-order valence-corrected chi connectivity index (χ2v) is 5.72. The molecule has 0 radical (unpaired) electrons. The molecule has 6 nitrogen and oxygen atoms in total. The average Bonchev–Trinajstić information content (AvgIpc) is 3.16. The molecule has 0 spiro atoms. The number of H-pyrrole nitrogens is 1. The molecule has 0 aliphatic rings. The van der Waals surface area contributed by atoms with E-state index in [1.54, 1.807) is 11.5 Å². The maximum atomic E-state index is 11.4. The quantitative estimate of drug-likeness (QED) is 0.303. The minimum absolute atomic E-state index is 0.212. The minimum Gasteiger partial charge on any atom is -0.312 e. The van der Waals surface area contributed by atoms with Gasteiger partial charge in [-0.25, -0.2) is 5.48 Å². The van der Waals surface area contributed by atoms with Gasteiger partial charge in [-0.2, -0.15) is 5.10 Å². The summed E-state index contributed by atoms with van der Waals surface area (Å²) in [6.07, 6.45) is 0.986. The summed E-state index contributed by atoms with van der Waals surface area (Å²) in [5.41, 5.74) is 5.82. The molecular formula is C19H20N4O2. The van der Waals surface area contributed by atoms with Crippen LogP contribution in [0.3, 0.4) is 0 Å². The molecule has 0 saturated heterocycles. The van der Waals surface area contributed by atoms with Crippen LogP contribution in [-0.4, -0.2) is 27.9 Å². The summed E-state index contributed by atoms with van der Waals surface area (Å²) in [5.74, 6) is -0.613. The molecule has 4 N–H and O–H groups in total. The Balaban J connectivity index is 1.58. The third-order valence-electron chi connectivity index (χ3n) is 3.91. The molecule has 0 fully saturated rings. The lowest BCUT2D eigenvalue weighted by atomic mass is 10.1. The van der Waals surface area contributed by atoms with Crippen LogP contribution in [0.5, 0.6) is 0 Å². The maximum absolute atomic E-state index is 11.4. The Kier molecular flexibility index (Phi) is 5.56. The van der Waals surface area contributed by atoms with Crippen LogP contribution in [0.2, 0.25) is 0 Å². The lowest BCUT2D eigenvalue weighted by Gasteiger charge is -2.06. The molecular weight excluding hydrogens is 316 g/mol. The molecule has 0 aliphatic carbocycles. The van der Waals surface area contributed by atoms with E-state index in [1.165, 1.54) is 5.56 Å². The zero-order valence-electron chi connectivity index (χ0n) is 13.7. The molecule has 128 valence electrons. The van der Waals surface area contributed by atoms with Crippen molar-refractivity contribution in [1.29, 1.82) is 0 Å². The fourth-order valence-electron chi connectivity index (χ4n) is 2.60. The molecule has 0 bridgehead atoms. The first-order chi connectivity index (χ1) is 12.3. The lowest BCUT2D eigenvalue weighted by molar-refractivity contribution is 0.0700. The van der Waals surface area contributed by atoms with Crippen LogP contribution in [0, 0.1) is 0 Å². The van der Waals surface area contributed by atoms with E-state index in [0.29, 0.717) is 5.69 Å². The number of carbonyl (C=O) groups is 1. The molecule has 0 atom stereocenters. The van der Waals surface area contributed by atoms with Gasteiger partial charge in [0.1, 0.15) is 5.69 Å². The van der Waals surface area contributed by atoms with Gasteiger partial charge < -0.3 is 5.32 Å². The molecule has 1 aromatic heterocycles. The number of rotatable bonds is 7. The first-order valence-corrected chi connectivity index (χ1v) is 8.10. The van der Waals surface area contributed by atoms with Crippen molar-refractivity contribution in [2.45, 2.75) is 13.0 Å². The SMILES string of the molecule is O=C(NO)c1cc(-c2cccc(CNCCc3ccccc3)c2)n[nH]1. The van der Waals surface area contributed by atoms with Gasteiger partial charge in [-0.05, 0) is 36.2 Å². The maximum Gasteiger partial charge on any atom is 0.292 e. The highest BCUT2D eigenvalue weighted by Crippen LogP contribution is 2.19. The number of amides is 1. The monoisotopic (exact) mass is 336 g/mol. The fraction of sp³-hybridized carbons (Fsp3) is 0.158. The van der Waals surface area contributed by atoms with Gasteiger partial charge >= 0.3 is 0 Å². The van der Waals surface area contributed by atoms with Gasteiger partial charge in [0.15, 0.2) is 0 Å². The molecule has 0 unspecified atom stereocenters. The highest BCUT2D eigenvalue weighted by atomic mass is 16.5. The Bertz CT molecular complexity index is 830. The van der Waals surface area contributed by atoms with E-state index >= 15 is 0 Å². The summed E-state index contributed by atoms with van der Waals surface area (Å²) in [4.78, 5) is 11.4. The van der Waals surface area contributed by atoms with Gasteiger partial charge in [-0.15, -0.1) is 0 Å². The van der Waals surface area contributed by atoms with Gasteiger partial charge in [-0.1, -0.05) is 48.5 Å². The first-order valence-electron chi connectivity index (χ1n) is 8.10. The molecule has 0 saturated carbocycles. The number of hydrogen-bond donors (Lipinski definition) is 4. The van der Waals surface area contributed by atoms with Gasteiger partial charge in [0.05, 0.1) is 5.69 Å². The number of hydrogen-bond acceptors (Lipinski definition) is 4. The number of nitrogens with zero attached hydrogens (tertiary/aromatic N) is 1. The van der Waals surface area contributed by atoms with Crippen molar-refractivity contribution in [2.24, 2.45) is 0 Å². The van der Waals surface area contributed by atoms with E-state index in [2.05, 4.69) is 27.6 Å². The Hall–Kier alpha value is -2.96. The molecule has 0 aliphatic heterocycles. The molecule has 25 heavy (non-hydrogen) atoms. The summed E-state index contributed by atoms with van der Waals surface area (Å²) in [7, 11) is 0. The Labute approximate surface area is 145 Å². The van der Waals surface area contributed by atoms with Crippen molar-refractivity contribution in [3.05, 3.63) is 77.5 Å². The molecule has 2 aromatic carbocycles. The van der Waals surface area contributed by atoms with Crippen LogP contribution in [0.1, 0.15) is 21.6 Å². The zero-order valence-corrected chi connectivity index (χ0v) is 13.7. The number of aromatic amines is 1. The molecule has 6 heteroatoms. The van der Waals surface area contributed by atoms with Gasteiger partial charge in [-0.3, -0.25) is 15.1 Å². The smallest absolute Gasteiger partial charge is 0.292 e.